The van der Waals surface area contributed by atoms with E-state index in [1.807, 2.05) is 43.3 Å². The Bertz CT molecular complexity index is 1080. The van der Waals surface area contributed by atoms with Gasteiger partial charge in [0.25, 0.3) is 11.8 Å². The second kappa shape index (κ2) is 9.65. The van der Waals surface area contributed by atoms with Crippen LogP contribution in [0.1, 0.15) is 23.0 Å². The number of amides is 2. The SMILES string of the molecule is CCNC(=O)C1(Cc2ccccc2-c2ccncc2)CN(C(=O)c2cnccn2)CCO1. The summed E-state index contributed by atoms with van der Waals surface area (Å²) in [5.41, 5.74) is 1.99. The molecule has 1 N–H and O–H groups in total. The first-order chi connectivity index (χ1) is 15.6. The zero-order valence-electron chi connectivity index (χ0n) is 17.9. The van der Waals surface area contributed by atoms with Crippen LogP contribution in [-0.4, -0.2) is 63.5 Å². The lowest BCUT2D eigenvalue weighted by Crippen LogP contribution is -2.62. The average Bonchev–Trinajstić information content (AvgIpc) is 2.85. The van der Waals surface area contributed by atoms with Crippen LogP contribution in [0.5, 0.6) is 0 Å². The summed E-state index contributed by atoms with van der Waals surface area (Å²) in [7, 11) is 0. The van der Waals surface area contributed by atoms with E-state index in [0.717, 1.165) is 16.7 Å². The highest BCUT2D eigenvalue weighted by Gasteiger charge is 2.45. The van der Waals surface area contributed by atoms with Crippen molar-refractivity contribution in [2.75, 3.05) is 26.2 Å². The van der Waals surface area contributed by atoms with Crippen molar-refractivity contribution in [3.05, 3.63) is 78.6 Å². The van der Waals surface area contributed by atoms with Gasteiger partial charge in [-0.3, -0.25) is 19.6 Å². The zero-order valence-corrected chi connectivity index (χ0v) is 17.9. The minimum Gasteiger partial charge on any atom is -0.361 e. The third kappa shape index (κ3) is 4.50. The minimum atomic E-state index is -1.21. The van der Waals surface area contributed by atoms with Crippen molar-refractivity contribution in [2.24, 2.45) is 0 Å². The van der Waals surface area contributed by atoms with Crippen LogP contribution >= 0.6 is 0 Å². The molecule has 2 aromatic heterocycles. The van der Waals surface area contributed by atoms with Gasteiger partial charge in [0.05, 0.1) is 19.3 Å². The van der Waals surface area contributed by atoms with Crippen LogP contribution < -0.4 is 5.32 Å². The molecular weight excluding hydrogens is 406 g/mol. The molecule has 0 aliphatic carbocycles. The fraction of sp³-hybridized carbons (Fsp3) is 0.292. The van der Waals surface area contributed by atoms with Crippen molar-refractivity contribution in [3.63, 3.8) is 0 Å². The van der Waals surface area contributed by atoms with Crippen molar-refractivity contribution in [1.82, 2.24) is 25.2 Å². The standard InChI is InChI=1S/C24H25N5O3/c1-2-27-23(31)24(15-19-5-3-4-6-20(19)18-7-9-25-10-8-18)17-29(13-14-32-24)22(30)21-16-26-11-12-28-21/h3-12,16H,2,13-15,17H2,1H3,(H,27,31). The molecule has 8 heteroatoms. The van der Waals surface area contributed by atoms with Gasteiger partial charge in [0.1, 0.15) is 5.69 Å². The molecule has 1 unspecified atom stereocenters. The monoisotopic (exact) mass is 431 g/mol. The predicted molar refractivity (Wildman–Crippen MR) is 119 cm³/mol. The quantitative estimate of drug-likeness (QED) is 0.642. The molecule has 2 amide bonds. The van der Waals surface area contributed by atoms with Crippen molar-refractivity contribution < 1.29 is 14.3 Å². The van der Waals surface area contributed by atoms with E-state index in [9.17, 15) is 9.59 Å². The van der Waals surface area contributed by atoms with Crippen LogP contribution in [0.4, 0.5) is 0 Å². The molecule has 1 fully saturated rings. The van der Waals surface area contributed by atoms with Crippen LogP contribution in [0.15, 0.2) is 67.4 Å². The first kappa shape index (κ1) is 21.6. The smallest absolute Gasteiger partial charge is 0.274 e. The summed E-state index contributed by atoms with van der Waals surface area (Å²) in [5, 5.41) is 2.89. The molecule has 0 radical (unpaired) electrons. The normalized spacial score (nSPS) is 18.2. The van der Waals surface area contributed by atoms with E-state index >= 15 is 0 Å². The molecule has 3 heterocycles. The van der Waals surface area contributed by atoms with Crippen LogP contribution in [0, 0.1) is 0 Å². The van der Waals surface area contributed by atoms with E-state index in [1.54, 1.807) is 17.3 Å². The lowest BCUT2D eigenvalue weighted by atomic mass is 9.87. The number of pyridine rings is 1. The Morgan fingerprint density at radius 1 is 1.09 bits per heavy atom. The van der Waals surface area contributed by atoms with Crippen molar-refractivity contribution in [1.29, 1.82) is 0 Å². The molecule has 1 saturated heterocycles. The Kier molecular flexibility index (Phi) is 6.51. The largest absolute Gasteiger partial charge is 0.361 e. The fourth-order valence-electron chi connectivity index (χ4n) is 3.97. The highest BCUT2D eigenvalue weighted by Crippen LogP contribution is 2.30. The Morgan fingerprint density at radius 2 is 1.91 bits per heavy atom. The number of rotatable bonds is 6. The van der Waals surface area contributed by atoms with Gasteiger partial charge in [-0.15, -0.1) is 0 Å². The lowest BCUT2D eigenvalue weighted by molar-refractivity contribution is -0.157. The number of benzene rings is 1. The van der Waals surface area contributed by atoms with Gasteiger partial charge in [-0.1, -0.05) is 24.3 Å². The van der Waals surface area contributed by atoms with Gasteiger partial charge in [0.15, 0.2) is 5.60 Å². The molecule has 1 aliphatic rings. The van der Waals surface area contributed by atoms with Crippen molar-refractivity contribution in [2.45, 2.75) is 18.9 Å². The lowest BCUT2D eigenvalue weighted by Gasteiger charge is -2.41. The van der Waals surface area contributed by atoms with E-state index in [-0.39, 0.29) is 30.7 Å². The van der Waals surface area contributed by atoms with Gasteiger partial charge in [-0.05, 0) is 35.7 Å². The second-order valence-corrected chi connectivity index (χ2v) is 7.59. The summed E-state index contributed by atoms with van der Waals surface area (Å²) in [4.78, 5) is 40.1. The van der Waals surface area contributed by atoms with E-state index in [1.165, 1.54) is 18.6 Å². The number of aromatic nitrogens is 3. The Balaban J connectivity index is 1.68. The molecule has 3 aromatic rings. The van der Waals surface area contributed by atoms with E-state index in [0.29, 0.717) is 19.5 Å². The topological polar surface area (TPSA) is 97.3 Å². The molecule has 0 spiro atoms. The molecule has 1 atom stereocenters. The summed E-state index contributed by atoms with van der Waals surface area (Å²) in [5.74, 6) is -0.501. The molecule has 8 nitrogen and oxygen atoms in total. The predicted octanol–water partition coefficient (Wildman–Crippen LogP) is 2.13. The fourth-order valence-corrected chi connectivity index (χ4v) is 3.97. The second-order valence-electron chi connectivity index (χ2n) is 7.59. The number of carbonyl (C=O) groups excluding carboxylic acids is 2. The number of ether oxygens (including phenoxy) is 1. The van der Waals surface area contributed by atoms with Crippen molar-refractivity contribution >= 4 is 11.8 Å². The van der Waals surface area contributed by atoms with Gasteiger partial charge >= 0.3 is 0 Å². The van der Waals surface area contributed by atoms with Crippen LogP contribution in [0.25, 0.3) is 11.1 Å². The first-order valence-corrected chi connectivity index (χ1v) is 10.6. The summed E-state index contributed by atoms with van der Waals surface area (Å²) >= 11 is 0. The van der Waals surface area contributed by atoms with Gasteiger partial charge in [0, 0.05) is 44.3 Å². The van der Waals surface area contributed by atoms with E-state index < -0.39 is 5.60 Å². The number of hydrogen-bond donors (Lipinski definition) is 1. The Labute approximate surface area is 186 Å². The third-order valence-electron chi connectivity index (χ3n) is 5.49. The van der Waals surface area contributed by atoms with Gasteiger partial charge in [-0.25, -0.2) is 4.98 Å². The molecular formula is C24H25N5O3. The van der Waals surface area contributed by atoms with Gasteiger partial charge < -0.3 is 15.0 Å². The van der Waals surface area contributed by atoms with Crippen LogP contribution in [0.3, 0.4) is 0 Å². The third-order valence-corrected chi connectivity index (χ3v) is 5.49. The Hall–Kier alpha value is -3.65. The number of hydrogen-bond acceptors (Lipinski definition) is 6. The zero-order chi connectivity index (χ0) is 22.4. The summed E-state index contributed by atoms with van der Waals surface area (Å²) < 4.78 is 6.14. The number of carbonyl (C=O) groups is 2. The highest BCUT2D eigenvalue weighted by molar-refractivity contribution is 5.93. The number of morpholine rings is 1. The highest BCUT2D eigenvalue weighted by atomic mass is 16.5. The molecule has 32 heavy (non-hydrogen) atoms. The number of likely N-dealkylation sites (N-methyl/N-ethyl adjacent to an activating group) is 1. The van der Waals surface area contributed by atoms with Gasteiger partial charge in [0.2, 0.25) is 0 Å². The molecule has 0 bridgehead atoms. The Morgan fingerprint density at radius 3 is 2.66 bits per heavy atom. The number of nitrogens with zero attached hydrogens (tertiary/aromatic N) is 4. The van der Waals surface area contributed by atoms with Crippen LogP contribution in [-0.2, 0) is 16.0 Å². The summed E-state index contributed by atoms with van der Waals surface area (Å²) in [6.07, 6.45) is 8.24. The molecule has 0 saturated carbocycles. The molecule has 4 rings (SSSR count). The maximum absolute atomic E-state index is 13.3. The average molecular weight is 431 g/mol. The maximum Gasteiger partial charge on any atom is 0.274 e. The summed E-state index contributed by atoms with van der Waals surface area (Å²) in [6.45, 7) is 3.08. The molecule has 1 aromatic carbocycles. The van der Waals surface area contributed by atoms with Gasteiger partial charge in [-0.2, -0.15) is 0 Å². The van der Waals surface area contributed by atoms with Crippen LogP contribution in [0.2, 0.25) is 0 Å². The van der Waals surface area contributed by atoms with E-state index in [2.05, 4.69) is 20.3 Å². The number of nitrogens with one attached hydrogen (secondary N) is 1. The first-order valence-electron chi connectivity index (χ1n) is 10.6. The van der Waals surface area contributed by atoms with Crippen molar-refractivity contribution in [3.8, 4) is 11.1 Å². The summed E-state index contributed by atoms with van der Waals surface area (Å²) in [6, 6.07) is 11.8. The van der Waals surface area contributed by atoms with E-state index in [4.69, 9.17) is 4.74 Å². The minimum absolute atomic E-state index is 0.124. The molecule has 1 aliphatic heterocycles. The maximum atomic E-state index is 13.3. The molecule has 164 valence electrons.